The molecule has 0 spiro atoms. The van der Waals surface area contributed by atoms with Gasteiger partial charge in [0, 0.05) is 32.9 Å². The first-order valence-corrected chi connectivity index (χ1v) is 15.3. The molecule has 4 nitrogen and oxygen atoms in total. The minimum absolute atomic E-state index is 0.202. The van der Waals surface area contributed by atoms with E-state index in [4.69, 9.17) is 13.3 Å². The summed E-state index contributed by atoms with van der Waals surface area (Å²) >= 11 is 0. The SMILES string of the molecule is CCCCCCCCCCCCCCCCCC(C)(C)NCCC[Si](OC)(OC)OC. The second-order valence-corrected chi connectivity index (χ2v) is 13.0. The highest BCUT2D eigenvalue weighted by Gasteiger charge is 2.36. The Morgan fingerprint density at radius 2 is 0.968 bits per heavy atom. The highest BCUT2D eigenvalue weighted by Crippen LogP contribution is 2.18. The maximum Gasteiger partial charge on any atom is 0.500 e. The van der Waals surface area contributed by atoms with Crippen molar-refractivity contribution in [1.29, 1.82) is 0 Å². The Morgan fingerprint density at radius 1 is 0.581 bits per heavy atom. The molecular formula is C26H57NO3Si. The Bertz CT molecular complexity index is 367. The van der Waals surface area contributed by atoms with Gasteiger partial charge in [0.05, 0.1) is 0 Å². The average Bonchev–Trinajstić information content (AvgIpc) is 2.77. The van der Waals surface area contributed by atoms with Crippen LogP contribution in [0.5, 0.6) is 0 Å². The molecule has 31 heavy (non-hydrogen) atoms. The van der Waals surface area contributed by atoms with E-state index in [-0.39, 0.29) is 5.54 Å². The van der Waals surface area contributed by atoms with Crippen molar-refractivity contribution in [2.45, 2.75) is 142 Å². The predicted octanol–water partition coefficient (Wildman–Crippen LogP) is 7.88. The Kier molecular flexibility index (Phi) is 20.7. The molecule has 188 valence electrons. The van der Waals surface area contributed by atoms with Gasteiger partial charge in [-0.2, -0.15) is 0 Å². The molecule has 0 atom stereocenters. The summed E-state index contributed by atoms with van der Waals surface area (Å²) in [7, 11) is 2.65. The third-order valence-electron chi connectivity index (χ3n) is 6.60. The molecular weight excluding hydrogens is 402 g/mol. The first kappa shape index (κ1) is 31.1. The minimum Gasteiger partial charge on any atom is -0.377 e. The largest absolute Gasteiger partial charge is 0.500 e. The standard InChI is InChI=1S/C26H57NO3Si/c1-7-8-9-10-11-12-13-14-15-16-17-18-19-20-21-23-26(2,3)27-24-22-25-31(28-4,29-5)30-6/h27H,7-25H2,1-6H3. The fourth-order valence-electron chi connectivity index (χ4n) is 4.31. The number of nitrogens with one attached hydrogen (secondary N) is 1. The molecule has 0 aromatic carbocycles. The lowest BCUT2D eigenvalue weighted by atomic mass is 9.95. The van der Waals surface area contributed by atoms with Crippen LogP contribution in [0.3, 0.4) is 0 Å². The zero-order chi connectivity index (χ0) is 23.3. The lowest BCUT2D eigenvalue weighted by molar-refractivity contribution is 0.122. The Morgan fingerprint density at radius 3 is 1.35 bits per heavy atom. The zero-order valence-electron chi connectivity index (χ0n) is 22.2. The van der Waals surface area contributed by atoms with Crippen LogP contribution in [0.1, 0.15) is 130 Å². The third kappa shape index (κ3) is 18.2. The van der Waals surface area contributed by atoms with Crippen molar-refractivity contribution in [3.05, 3.63) is 0 Å². The predicted molar refractivity (Wildman–Crippen MR) is 138 cm³/mol. The Balaban J connectivity index is 3.49. The molecule has 0 saturated carbocycles. The summed E-state index contributed by atoms with van der Waals surface area (Å²) in [6, 6.07) is 0.860. The first-order chi connectivity index (χ1) is 14.9. The van der Waals surface area contributed by atoms with Gasteiger partial charge in [-0.1, -0.05) is 103 Å². The summed E-state index contributed by atoms with van der Waals surface area (Å²) in [5.41, 5.74) is 0.202. The van der Waals surface area contributed by atoms with Crippen molar-refractivity contribution in [3.8, 4) is 0 Å². The highest BCUT2D eigenvalue weighted by atomic mass is 28.4. The van der Waals surface area contributed by atoms with Crippen LogP contribution in [0.15, 0.2) is 0 Å². The number of hydrogen-bond donors (Lipinski definition) is 1. The van der Waals surface area contributed by atoms with Crippen molar-refractivity contribution >= 4 is 8.80 Å². The van der Waals surface area contributed by atoms with Gasteiger partial charge in [0.15, 0.2) is 0 Å². The van der Waals surface area contributed by atoms with Gasteiger partial charge >= 0.3 is 8.80 Å². The second kappa shape index (κ2) is 20.6. The molecule has 0 rings (SSSR count). The molecule has 0 aliphatic carbocycles. The van der Waals surface area contributed by atoms with Crippen molar-refractivity contribution in [2.24, 2.45) is 0 Å². The summed E-state index contributed by atoms with van der Waals surface area (Å²) in [4.78, 5) is 0. The van der Waals surface area contributed by atoms with E-state index in [2.05, 4.69) is 26.1 Å². The average molecular weight is 460 g/mol. The van der Waals surface area contributed by atoms with Gasteiger partial charge in [-0.05, 0) is 33.2 Å². The highest BCUT2D eigenvalue weighted by molar-refractivity contribution is 6.60. The van der Waals surface area contributed by atoms with Crippen LogP contribution < -0.4 is 5.32 Å². The van der Waals surface area contributed by atoms with Gasteiger partial charge < -0.3 is 18.6 Å². The molecule has 0 radical (unpaired) electrons. The molecule has 0 fully saturated rings. The molecule has 0 unspecified atom stereocenters. The lowest BCUT2D eigenvalue weighted by Gasteiger charge is -2.28. The normalized spacial score (nSPS) is 12.6. The number of hydrogen-bond acceptors (Lipinski definition) is 4. The van der Waals surface area contributed by atoms with Gasteiger partial charge in [0.1, 0.15) is 0 Å². The van der Waals surface area contributed by atoms with Gasteiger partial charge in [0.2, 0.25) is 0 Å². The Hall–Kier alpha value is 0.0569. The molecule has 0 aliphatic heterocycles. The zero-order valence-corrected chi connectivity index (χ0v) is 23.2. The van der Waals surface area contributed by atoms with Crippen molar-refractivity contribution < 1.29 is 13.3 Å². The minimum atomic E-state index is -2.42. The molecule has 1 N–H and O–H groups in total. The topological polar surface area (TPSA) is 39.7 Å². The van der Waals surface area contributed by atoms with Crippen LogP contribution in [0, 0.1) is 0 Å². The molecule has 0 amide bonds. The maximum atomic E-state index is 5.50. The van der Waals surface area contributed by atoms with Crippen molar-refractivity contribution in [2.75, 3.05) is 27.9 Å². The first-order valence-electron chi connectivity index (χ1n) is 13.4. The number of unbranched alkanes of at least 4 members (excludes halogenated alkanes) is 14. The van der Waals surface area contributed by atoms with Crippen LogP contribution in [0.4, 0.5) is 0 Å². The summed E-state index contributed by atoms with van der Waals surface area (Å²) in [6.07, 6.45) is 23.6. The van der Waals surface area contributed by atoms with Crippen LogP contribution in [-0.2, 0) is 13.3 Å². The van der Waals surface area contributed by atoms with Crippen molar-refractivity contribution in [1.82, 2.24) is 5.32 Å². The van der Waals surface area contributed by atoms with E-state index < -0.39 is 8.80 Å². The molecule has 0 heterocycles. The summed E-state index contributed by atoms with van der Waals surface area (Å²) in [5, 5.41) is 3.71. The third-order valence-corrected chi connectivity index (χ3v) is 9.43. The summed E-state index contributed by atoms with van der Waals surface area (Å²) in [5.74, 6) is 0. The van der Waals surface area contributed by atoms with Crippen LogP contribution in [0.2, 0.25) is 6.04 Å². The quantitative estimate of drug-likeness (QED) is 0.118. The fourth-order valence-corrected chi connectivity index (χ4v) is 6.04. The fraction of sp³-hybridized carbons (Fsp3) is 1.00. The van der Waals surface area contributed by atoms with E-state index in [1.165, 1.54) is 103 Å². The molecule has 5 heteroatoms. The van der Waals surface area contributed by atoms with E-state index in [1.54, 1.807) is 21.3 Å². The lowest BCUT2D eigenvalue weighted by Crippen LogP contribution is -2.44. The van der Waals surface area contributed by atoms with E-state index in [9.17, 15) is 0 Å². The van der Waals surface area contributed by atoms with Crippen LogP contribution in [-0.4, -0.2) is 42.2 Å². The van der Waals surface area contributed by atoms with Gasteiger partial charge in [-0.25, -0.2) is 0 Å². The smallest absolute Gasteiger partial charge is 0.377 e. The van der Waals surface area contributed by atoms with E-state index in [1.807, 2.05) is 0 Å². The van der Waals surface area contributed by atoms with E-state index in [0.29, 0.717) is 0 Å². The monoisotopic (exact) mass is 459 g/mol. The summed E-state index contributed by atoms with van der Waals surface area (Å²) < 4.78 is 16.5. The second-order valence-electron chi connectivity index (χ2n) is 9.91. The molecule has 0 bridgehead atoms. The van der Waals surface area contributed by atoms with Gasteiger partial charge in [-0.3, -0.25) is 0 Å². The van der Waals surface area contributed by atoms with Crippen molar-refractivity contribution in [3.63, 3.8) is 0 Å². The van der Waals surface area contributed by atoms with Gasteiger partial charge in [0.25, 0.3) is 0 Å². The molecule has 0 aliphatic rings. The maximum absolute atomic E-state index is 5.50. The Labute approximate surface area is 197 Å². The number of rotatable bonds is 24. The molecule has 0 aromatic rings. The van der Waals surface area contributed by atoms with E-state index in [0.717, 1.165) is 19.0 Å². The molecule has 0 aromatic heterocycles. The van der Waals surface area contributed by atoms with Gasteiger partial charge in [-0.15, -0.1) is 0 Å². The van der Waals surface area contributed by atoms with Crippen LogP contribution >= 0.6 is 0 Å². The summed E-state index contributed by atoms with van der Waals surface area (Å²) in [6.45, 7) is 7.92. The van der Waals surface area contributed by atoms with E-state index >= 15 is 0 Å². The van der Waals surface area contributed by atoms with Crippen LogP contribution in [0.25, 0.3) is 0 Å². The molecule has 0 saturated heterocycles.